The minimum absolute atomic E-state index is 0.0284. The fourth-order valence-corrected chi connectivity index (χ4v) is 7.93. The monoisotopic (exact) mass is 669 g/mol. The van der Waals surface area contributed by atoms with Crippen molar-refractivity contribution in [2.75, 3.05) is 39.4 Å². The Morgan fingerprint density at radius 1 is 1.06 bits per heavy atom. The third-order valence-electron chi connectivity index (χ3n) is 10.4. The molecular formula is C36H55N5O7. The molecular weight excluding hydrogens is 614 g/mol. The van der Waals surface area contributed by atoms with Gasteiger partial charge in [-0.2, -0.15) is 0 Å². The van der Waals surface area contributed by atoms with Crippen molar-refractivity contribution in [2.45, 2.75) is 116 Å². The van der Waals surface area contributed by atoms with E-state index in [1.807, 2.05) is 52.0 Å². The van der Waals surface area contributed by atoms with Gasteiger partial charge < -0.3 is 30.1 Å². The summed E-state index contributed by atoms with van der Waals surface area (Å²) in [6.07, 6.45) is 4.75. The van der Waals surface area contributed by atoms with E-state index in [0.29, 0.717) is 39.3 Å². The van der Waals surface area contributed by atoms with Crippen molar-refractivity contribution >= 4 is 23.8 Å². The topological polar surface area (TPSA) is 141 Å². The maximum absolute atomic E-state index is 14.8. The summed E-state index contributed by atoms with van der Waals surface area (Å²) in [5.41, 5.74) is 0.554. The summed E-state index contributed by atoms with van der Waals surface area (Å²) in [6.45, 7) is 12.0. The Hall–Kier alpha value is -3.38. The third-order valence-corrected chi connectivity index (χ3v) is 10.4. The molecule has 6 atom stereocenters. The zero-order valence-electron chi connectivity index (χ0n) is 29.3. The van der Waals surface area contributed by atoms with Gasteiger partial charge in [-0.25, -0.2) is 4.79 Å². The van der Waals surface area contributed by atoms with E-state index in [2.05, 4.69) is 15.5 Å². The first-order chi connectivity index (χ1) is 22.9. The Morgan fingerprint density at radius 3 is 2.48 bits per heavy atom. The van der Waals surface area contributed by atoms with E-state index in [1.165, 1.54) is 0 Å². The van der Waals surface area contributed by atoms with Gasteiger partial charge in [0, 0.05) is 50.8 Å². The van der Waals surface area contributed by atoms with E-state index >= 15 is 0 Å². The lowest BCUT2D eigenvalue weighted by atomic mass is 9.82. The van der Waals surface area contributed by atoms with Crippen LogP contribution in [0.5, 0.6) is 5.75 Å². The van der Waals surface area contributed by atoms with E-state index in [-0.39, 0.29) is 47.9 Å². The van der Waals surface area contributed by atoms with E-state index in [4.69, 9.17) is 9.47 Å². The fraction of sp³-hybridized carbons (Fsp3) is 0.722. The Kier molecular flexibility index (Phi) is 11.6. The molecule has 4 amide bonds. The number of fused-ring (bicyclic) bond motifs is 2. The molecule has 12 heteroatoms. The number of hydrogen-bond acceptors (Lipinski definition) is 7. The van der Waals surface area contributed by atoms with E-state index < -0.39 is 30.1 Å². The van der Waals surface area contributed by atoms with Gasteiger partial charge in [-0.3, -0.25) is 24.2 Å². The molecule has 48 heavy (non-hydrogen) atoms. The van der Waals surface area contributed by atoms with Crippen LogP contribution in [0.4, 0.5) is 4.79 Å². The number of rotatable bonds is 10. The first-order valence-corrected chi connectivity index (χ1v) is 17.8. The van der Waals surface area contributed by atoms with Gasteiger partial charge in [0.2, 0.25) is 17.7 Å². The van der Waals surface area contributed by atoms with Gasteiger partial charge >= 0.3 is 6.09 Å². The van der Waals surface area contributed by atoms with Crippen molar-refractivity contribution < 1.29 is 33.8 Å². The molecule has 3 heterocycles. The summed E-state index contributed by atoms with van der Waals surface area (Å²) >= 11 is 0. The van der Waals surface area contributed by atoms with Crippen LogP contribution >= 0.6 is 0 Å². The Morgan fingerprint density at radius 2 is 1.79 bits per heavy atom. The van der Waals surface area contributed by atoms with Crippen LogP contribution in [0, 0.1) is 11.3 Å². The highest BCUT2D eigenvalue weighted by Gasteiger charge is 2.48. The van der Waals surface area contributed by atoms with Crippen LogP contribution in [0.25, 0.3) is 0 Å². The molecule has 0 bridgehead atoms. The molecule has 266 valence electrons. The SMILES string of the molecule is CCO[C@@H]1C[C@@H]2CN(C(=O)[C@@H](NC(=O)[C@H](C)N(CC(C)(C)C)C(=O)O)C3CCCCC3)[C@H](C(=O)N[C@@H]3CCOc4ccccc43)CN2C1. The number of ether oxygens (including phenoxy) is 2. The lowest BCUT2D eigenvalue weighted by Gasteiger charge is -2.45. The number of nitrogens with zero attached hydrogens (tertiary/aromatic N) is 3. The number of piperazine rings is 1. The second-order valence-corrected chi connectivity index (χ2v) is 15.2. The van der Waals surface area contributed by atoms with Gasteiger partial charge in [-0.1, -0.05) is 58.2 Å². The predicted octanol–water partition coefficient (Wildman–Crippen LogP) is 3.80. The zero-order chi connectivity index (χ0) is 34.6. The molecule has 4 aliphatic rings. The number of nitrogens with one attached hydrogen (secondary N) is 2. The number of para-hydroxylation sites is 1. The van der Waals surface area contributed by atoms with Crippen LogP contribution in [0.2, 0.25) is 0 Å². The second kappa shape index (κ2) is 15.4. The summed E-state index contributed by atoms with van der Waals surface area (Å²) < 4.78 is 11.8. The van der Waals surface area contributed by atoms with Gasteiger partial charge in [0.15, 0.2) is 0 Å². The largest absolute Gasteiger partial charge is 0.493 e. The van der Waals surface area contributed by atoms with Gasteiger partial charge in [0.25, 0.3) is 0 Å². The van der Waals surface area contributed by atoms with Crippen LogP contribution in [0.15, 0.2) is 24.3 Å². The molecule has 12 nitrogen and oxygen atoms in total. The number of carboxylic acid groups (broad SMARTS) is 1. The summed E-state index contributed by atoms with van der Waals surface area (Å²) in [6, 6.07) is 4.87. The molecule has 5 rings (SSSR count). The molecule has 0 unspecified atom stereocenters. The predicted molar refractivity (Wildman–Crippen MR) is 180 cm³/mol. The van der Waals surface area contributed by atoms with Crippen LogP contribution in [0.1, 0.15) is 91.2 Å². The van der Waals surface area contributed by atoms with Gasteiger partial charge in [0.05, 0.1) is 18.8 Å². The van der Waals surface area contributed by atoms with Crippen LogP contribution in [0.3, 0.4) is 0 Å². The molecule has 0 spiro atoms. The molecule has 1 aromatic carbocycles. The molecule has 3 aliphatic heterocycles. The Balaban J connectivity index is 1.41. The molecule has 1 aliphatic carbocycles. The summed E-state index contributed by atoms with van der Waals surface area (Å²) in [4.78, 5) is 60.2. The number of amides is 4. The molecule has 3 N–H and O–H groups in total. The lowest BCUT2D eigenvalue weighted by molar-refractivity contribution is -0.150. The highest BCUT2D eigenvalue weighted by molar-refractivity contribution is 5.94. The first-order valence-electron chi connectivity index (χ1n) is 17.8. The minimum atomic E-state index is -1.18. The number of hydrogen-bond donors (Lipinski definition) is 3. The van der Waals surface area contributed by atoms with E-state index in [9.17, 15) is 24.3 Å². The molecule has 1 aromatic rings. The normalized spacial score (nSPS) is 26.0. The molecule has 1 saturated carbocycles. The van der Waals surface area contributed by atoms with Gasteiger partial charge in [0.1, 0.15) is 23.9 Å². The van der Waals surface area contributed by atoms with Gasteiger partial charge in [-0.15, -0.1) is 0 Å². The molecule has 3 fully saturated rings. The van der Waals surface area contributed by atoms with Crippen LogP contribution in [-0.4, -0.2) is 113 Å². The van der Waals surface area contributed by atoms with E-state index in [1.54, 1.807) is 11.8 Å². The maximum Gasteiger partial charge on any atom is 0.407 e. The molecule has 0 aromatic heterocycles. The number of benzene rings is 1. The van der Waals surface area contributed by atoms with Crippen molar-refractivity contribution in [3.8, 4) is 5.75 Å². The summed E-state index contributed by atoms with van der Waals surface area (Å²) in [5, 5.41) is 16.3. The van der Waals surface area contributed by atoms with Crippen molar-refractivity contribution in [2.24, 2.45) is 11.3 Å². The van der Waals surface area contributed by atoms with Crippen LogP contribution in [-0.2, 0) is 19.1 Å². The fourth-order valence-electron chi connectivity index (χ4n) is 7.93. The standard InChI is InChI=1S/C36H55N5O7/c1-6-47-26-18-25-19-40(29(21-39(25)20-26)33(43)37-28-16-17-48-30-15-11-10-14-27(28)30)34(44)31(24-12-8-7-9-13-24)38-32(42)23(2)41(35(45)46)22-36(3,4)5/h10-11,14-15,23-26,28-29,31H,6-9,12-13,16-22H2,1-5H3,(H,37,43)(H,38,42)(H,45,46)/t23-,25+,26+,28+,29-,31-/m0/s1. The van der Waals surface area contributed by atoms with Crippen molar-refractivity contribution in [3.05, 3.63) is 29.8 Å². The quantitative estimate of drug-likeness (QED) is 0.342. The molecule has 2 saturated heterocycles. The van der Waals surface area contributed by atoms with Crippen molar-refractivity contribution in [3.63, 3.8) is 0 Å². The maximum atomic E-state index is 14.8. The van der Waals surface area contributed by atoms with Crippen LogP contribution < -0.4 is 15.4 Å². The minimum Gasteiger partial charge on any atom is -0.493 e. The van der Waals surface area contributed by atoms with Crippen molar-refractivity contribution in [1.82, 2.24) is 25.3 Å². The highest BCUT2D eigenvalue weighted by Crippen LogP contribution is 2.34. The van der Waals surface area contributed by atoms with Crippen molar-refractivity contribution in [1.29, 1.82) is 0 Å². The first kappa shape index (κ1) is 35.9. The average molecular weight is 670 g/mol. The smallest absolute Gasteiger partial charge is 0.407 e. The zero-order valence-corrected chi connectivity index (χ0v) is 29.3. The number of carbonyl (C=O) groups is 4. The van der Waals surface area contributed by atoms with E-state index in [0.717, 1.165) is 54.7 Å². The summed E-state index contributed by atoms with van der Waals surface area (Å²) in [7, 11) is 0. The lowest BCUT2D eigenvalue weighted by Crippen LogP contribution is -2.66. The van der Waals surface area contributed by atoms with Gasteiger partial charge in [-0.05, 0) is 50.5 Å². The second-order valence-electron chi connectivity index (χ2n) is 15.2. The molecule has 0 radical (unpaired) electrons. The Bertz CT molecular complexity index is 1310. The average Bonchev–Trinajstić information content (AvgIpc) is 3.46. The Labute approximate surface area is 284 Å². The summed E-state index contributed by atoms with van der Waals surface area (Å²) in [5.74, 6) is -0.353. The highest BCUT2D eigenvalue weighted by atomic mass is 16.5. The third kappa shape index (κ3) is 8.42. The number of carbonyl (C=O) groups excluding carboxylic acids is 3.